The molecule has 1 N–H and O–H groups in total. The van der Waals surface area contributed by atoms with Crippen LogP contribution in [0.2, 0.25) is 0 Å². The average Bonchev–Trinajstić information content (AvgIpc) is 2.60. The predicted octanol–water partition coefficient (Wildman–Crippen LogP) is 2.82. The highest BCUT2D eigenvalue weighted by molar-refractivity contribution is 6.00. The molecule has 5 nitrogen and oxygen atoms in total. The molecule has 5 heteroatoms. The molecule has 0 spiro atoms. The number of aromatic nitrogens is 2. The van der Waals surface area contributed by atoms with Crippen LogP contribution in [0, 0.1) is 0 Å². The fraction of sp³-hybridized carbons (Fsp3) is 0.211. The van der Waals surface area contributed by atoms with Gasteiger partial charge < -0.3 is 5.11 Å². The van der Waals surface area contributed by atoms with Crippen molar-refractivity contribution in [3.8, 4) is 11.4 Å². The van der Waals surface area contributed by atoms with Gasteiger partial charge in [0.05, 0.1) is 10.9 Å². The summed E-state index contributed by atoms with van der Waals surface area (Å²) in [6.45, 7) is 3.30. The Kier molecular flexibility index (Phi) is 4.27. The summed E-state index contributed by atoms with van der Waals surface area (Å²) >= 11 is 0. The van der Waals surface area contributed by atoms with Gasteiger partial charge in [-0.2, -0.15) is 0 Å². The maximum atomic E-state index is 12.9. The molecule has 122 valence electrons. The molecule has 0 radical (unpaired) electrons. The molecule has 0 unspecified atom stereocenters. The van der Waals surface area contributed by atoms with Crippen LogP contribution in [0.25, 0.3) is 22.3 Å². The number of rotatable bonds is 4. The van der Waals surface area contributed by atoms with E-state index < -0.39 is 12.4 Å². The quantitative estimate of drug-likeness (QED) is 0.750. The number of ketones is 1. The van der Waals surface area contributed by atoms with E-state index in [1.807, 2.05) is 44.2 Å². The topological polar surface area (TPSA) is 72.2 Å². The summed E-state index contributed by atoms with van der Waals surface area (Å²) < 4.78 is 1.66. The van der Waals surface area contributed by atoms with E-state index >= 15 is 0 Å². The van der Waals surface area contributed by atoms with Gasteiger partial charge in [-0.25, -0.2) is 4.98 Å². The van der Waals surface area contributed by atoms with Gasteiger partial charge in [-0.05, 0) is 26.0 Å². The molecule has 24 heavy (non-hydrogen) atoms. The molecular weight excluding hydrogens is 304 g/mol. The van der Waals surface area contributed by atoms with Crippen LogP contribution >= 0.6 is 0 Å². The molecule has 0 aliphatic carbocycles. The van der Waals surface area contributed by atoms with Crippen molar-refractivity contribution in [1.29, 1.82) is 0 Å². The molecule has 0 atom stereocenters. The molecule has 1 aromatic heterocycles. The summed E-state index contributed by atoms with van der Waals surface area (Å²) in [6, 6.07) is 14.1. The van der Waals surface area contributed by atoms with Crippen LogP contribution in [-0.2, 0) is 0 Å². The molecule has 3 aromatic rings. The lowest BCUT2D eigenvalue weighted by Gasteiger charge is -2.17. The number of benzene rings is 2. The maximum Gasteiger partial charge on any atom is 0.261 e. The van der Waals surface area contributed by atoms with Gasteiger partial charge in [0.2, 0.25) is 0 Å². The summed E-state index contributed by atoms with van der Waals surface area (Å²) in [4.78, 5) is 29.2. The number of hydrogen-bond donors (Lipinski definition) is 1. The Hall–Kier alpha value is -2.79. The zero-order valence-corrected chi connectivity index (χ0v) is 13.6. The predicted molar refractivity (Wildman–Crippen MR) is 93.2 cm³/mol. The third-order valence-electron chi connectivity index (χ3n) is 3.92. The van der Waals surface area contributed by atoms with E-state index in [-0.39, 0.29) is 11.6 Å². The molecular formula is C19H18N2O3. The lowest BCUT2D eigenvalue weighted by atomic mass is 10.1. The van der Waals surface area contributed by atoms with Crippen molar-refractivity contribution in [3.63, 3.8) is 0 Å². The summed E-state index contributed by atoms with van der Waals surface area (Å²) in [7, 11) is 0. The van der Waals surface area contributed by atoms with Crippen LogP contribution in [-0.4, -0.2) is 27.0 Å². The van der Waals surface area contributed by atoms with Crippen LogP contribution < -0.4 is 5.56 Å². The summed E-state index contributed by atoms with van der Waals surface area (Å²) in [6.07, 6.45) is 0. The zero-order valence-electron chi connectivity index (χ0n) is 13.6. The highest BCUT2D eigenvalue weighted by atomic mass is 16.3. The molecule has 0 aliphatic rings. The lowest BCUT2D eigenvalue weighted by molar-refractivity contribution is 0.0904. The van der Waals surface area contributed by atoms with Crippen LogP contribution in [0.15, 0.2) is 53.3 Å². The van der Waals surface area contributed by atoms with Gasteiger partial charge in [-0.3, -0.25) is 14.2 Å². The van der Waals surface area contributed by atoms with Gasteiger partial charge in [0.25, 0.3) is 5.56 Å². The number of aliphatic hydroxyl groups is 1. The monoisotopic (exact) mass is 322 g/mol. The van der Waals surface area contributed by atoms with Gasteiger partial charge in [-0.1, -0.05) is 36.4 Å². The number of carbonyl (C=O) groups is 1. The van der Waals surface area contributed by atoms with Crippen molar-refractivity contribution in [3.05, 3.63) is 64.4 Å². The highest BCUT2D eigenvalue weighted by Gasteiger charge is 2.16. The molecule has 0 saturated carbocycles. The first kappa shape index (κ1) is 16.1. The molecule has 2 aromatic carbocycles. The molecule has 0 saturated heterocycles. The largest absolute Gasteiger partial charge is 0.388 e. The number of Topliss-reactive ketones (excluding diaryl/α,β-unsaturated/α-hetero) is 1. The first-order valence-electron chi connectivity index (χ1n) is 7.78. The van der Waals surface area contributed by atoms with Crippen molar-refractivity contribution >= 4 is 16.7 Å². The SMILES string of the molecule is CC(C)n1c(-c2ccccc2)nc2cc(C(=O)CO)ccc2c1=O. The average molecular weight is 322 g/mol. The van der Waals surface area contributed by atoms with E-state index in [0.29, 0.717) is 22.3 Å². The minimum atomic E-state index is -0.569. The highest BCUT2D eigenvalue weighted by Crippen LogP contribution is 2.22. The number of carbonyl (C=O) groups excluding carboxylic acids is 1. The standard InChI is InChI=1S/C19H18N2O3/c1-12(2)21-18(13-6-4-3-5-7-13)20-16-10-14(17(23)11-22)8-9-15(16)19(21)24/h3-10,12,22H,11H2,1-2H3. The Bertz CT molecular complexity index is 960. The minimum Gasteiger partial charge on any atom is -0.388 e. The number of hydrogen-bond acceptors (Lipinski definition) is 4. The molecule has 0 bridgehead atoms. The third-order valence-corrected chi connectivity index (χ3v) is 3.92. The van der Waals surface area contributed by atoms with Crippen LogP contribution in [0.1, 0.15) is 30.2 Å². The summed E-state index contributed by atoms with van der Waals surface area (Å²) in [5.41, 5.74) is 1.49. The second-order valence-corrected chi connectivity index (χ2v) is 5.88. The second-order valence-electron chi connectivity index (χ2n) is 5.88. The third kappa shape index (κ3) is 2.74. The normalized spacial score (nSPS) is 11.2. The first-order chi connectivity index (χ1) is 11.5. The Morgan fingerprint density at radius 1 is 1.17 bits per heavy atom. The smallest absolute Gasteiger partial charge is 0.261 e. The summed E-state index contributed by atoms with van der Waals surface area (Å²) in [5.74, 6) is 0.171. The van der Waals surface area contributed by atoms with E-state index in [9.17, 15) is 9.59 Å². The Balaban J connectivity index is 2.35. The van der Waals surface area contributed by atoms with Crippen molar-refractivity contribution in [2.24, 2.45) is 0 Å². The van der Waals surface area contributed by atoms with Gasteiger partial charge >= 0.3 is 0 Å². The Morgan fingerprint density at radius 3 is 2.50 bits per heavy atom. The van der Waals surface area contributed by atoms with E-state index in [2.05, 4.69) is 4.98 Å². The Labute approximate surface area is 139 Å². The van der Waals surface area contributed by atoms with E-state index in [1.165, 1.54) is 0 Å². The van der Waals surface area contributed by atoms with Crippen LogP contribution in [0.5, 0.6) is 0 Å². The van der Waals surface area contributed by atoms with Gasteiger partial charge in [0.1, 0.15) is 12.4 Å². The summed E-state index contributed by atoms with van der Waals surface area (Å²) in [5, 5.41) is 9.48. The lowest BCUT2D eigenvalue weighted by Crippen LogP contribution is -2.25. The molecule has 0 fully saturated rings. The van der Waals surface area contributed by atoms with Crippen molar-refractivity contribution in [2.45, 2.75) is 19.9 Å². The number of fused-ring (bicyclic) bond motifs is 1. The van der Waals surface area contributed by atoms with Crippen LogP contribution in [0.4, 0.5) is 0 Å². The van der Waals surface area contributed by atoms with Gasteiger partial charge in [0, 0.05) is 17.2 Å². The fourth-order valence-corrected chi connectivity index (χ4v) is 2.73. The number of aliphatic hydroxyl groups excluding tert-OH is 1. The molecule has 0 aliphatic heterocycles. The second kappa shape index (κ2) is 6.37. The van der Waals surface area contributed by atoms with E-state index in [0.717, 1.165) is 5.56 Å². The Morgan fingerprint density at radius 2 is 1.88 bits per heavy atom. The first-order valence-corrected chi connectivity index (χ1v) is 7.78. The maximum absolute atomic E-state index is 12.9. The van der Waals surface area contributed by atoms with Crippen molar-refractivity contribution in [1.82, 2.24) is 9.55 Å². The molecule has 3 rings (SSSR count). The minimum absolute atomic E-state index is 0.0524. The molecule has 0 amide bonds. The van der Waals surface area contributed by atoms with Gasteiger partial charge in [-0.15, -0.1) is 0 Å². The fourth-order valence-electron chi connectivity index (χ4n) is 2.73. The van der Waals surface area contributed by atoms with Crippen LogP contribution in [0.3, 0.4) is 0 Å². The van der Waals surface area contributed by atoms with Gasteiger partial charge in [0.15, 0.2) is 5.78 Å². The van der Waals surface area contributed by atoms with E-state index in [4.69, 9.17) is 5.11 Å². The van der Waals surface area contributed by atoms with Crippen molar-refractivity contribution in [2.75, 3.05) is 6.61 Å². The van der Waals surface area contributed by atoms with Crippen molar-refractivity contribution < 1.29 is 9.90 Å². The molecule has 1 heterocycles. The number of nitrogens with zero attached hydrogens (tertiary/aromatic N) is 2. The zero-order chi connectivity index (χ0) is 17.3. The van der Waals surface area contributed by atoms with E-state index in [1.54, 1.807) is 22.8 Å².